The highest BCUT2D eigenvalue weighted by molar-refractivity contribution is 6.07. The Balaban J connectivity index is 1.43. The lowest BCUT2D eigenvalue weighted by Gasteiger charge is -2.11. The molecular formula is C25H19N3O4. The fourth-order valence-electron chi connectivity index (χ4n) is 4.03. The van der Waals surface area contributed by atoms with Crippen molar-refractivity contribution in [3.05, 3.63) is 84.4 Å². The van der Waals surface area contributed by atoms with Gasteiger partial charge in [-0.2, -0.15) is 0 Å². The maximum absolute atomic E-state index is 10.9. The van der Waals surface area contributed by atoms with E-state index < -0.39 is 0 Å². The predicted octanol–water partition coefficient (Wildman–Crippen LogP) is 4.65. The van der Waals surface area contributed by atoms with Gasteiger partial charge >= 0.3 is 0 Å². The lowest BCUT2D eigenvalue weighted by molar-refractivity contribution is 0.174. The quantitative estimate of drug-likeness (QED) is 0.442. The van der Waals surface area contributed by atoms with Crippen molar-refractivity contribution >= 4 is 21.8 Å². The van der Waals surface area contributed by atoms with Gasteiger partial charge in [0.05, 0.1) is 0 Å². The van der Waals surface area contributed by atoms with Crippen LogP contribution in [-0.4, -0.2) is 26.4 Å². The summed E-state index contributed by atoms with van der Waals surface area (Å²) >= 11 is 0. The molecule has 1 aliphatic rings. The van der Waals surface area contributed by atoms with E-state index in [0.717, 1.165) is 28.0 Å². The molecule has 1 N–H and O–H groups in total. The molecule has 7 nitrogen and oxygen atoms in total. The molecule has 5 aromatic rings. The maximum Gasteiger partial charge on any atom is 0.231 e. The highest BCUT2D eigenvalue weighted by Crippen LogP contribution is 2.41. The second-order valence-corrected chi connectivity index (χ2v) is 7.65. The van der Waals surface area contributed by atoms with E-state index in [4.69, 9.17) is 14.2 Å². The second-order valence-electron chi connectivity index (χ2n) is 7.65. The van der Waals surface area contributed by atoms with Gasteiger partial charge in [0.1, 0.15) is 17.6 Å². The van der Waals surface area contributed by atoms with Crippen molar-refractivity contribution in [2.24, 2.45) is 0 Å². The van der Waals surface area contributed by atoms with E-state index in [0.29, 0.717) is 35.3 Å². The Bertz CT molecular complexity index is 1450. The normalized spacial score (nSPS) is 12.5. The first-order valence-corrected chi connectivity index (χ1v) is 10.3. The van der Waals surface area contributed by atoms with E-state index in [1.165, 1.54) is 0 Å². The second kappa shape index (κ2) is 7.46. The summed E-state index contributed by atoms with van der Waals surface area (Å²) in [6.07, 6.45) is 7.04. The summed E-state index contributed by atoms with van der Waals surface area (Å²) in [5.41, 5.74) is 3.06. The number of hydrogen-bond donors (Lipinski definition) is 1. The number of aromatic nitrogens is 3. The molecule has 0 saturated heterocycles. The molecule has 0 spiro atoms. The molecule has 0 amide bonds. The summed E-state index contributed by atoms with van der Waals surface area (Å²) in [5.74, 6) is 2.20. The van der Waals surface area contributed by atoms with E-state index in [1.54, 1.807) is 12.4 Å². The predicted molar refractivity (Wildman–Crippen MR) is 119 cm³/mol. The van der Waals surface area contributed by atoms with Crippen LogP contribution in [0.25, 0.3) is 21.8 Å². The minimum Gasteiger partial charge on any atom is -0.505 e. The molecule has 3 heterocycles. The fourth-order valence-corrected chi connectivity index (χ4v) is 4.03. The van der Waals surface area contributed by atoms with Crippen molar-refractivity contribution in [3.63, 3.8) is 0 Å². The van der Waals surface area contributed by atoms with Gasteiger partial charge in [0.25, 0.3) is 0 Å². The summed E-state index contributed by atoms with van der Waals surface area (Å²) in [6.45, 7) is 1.23. The van der Waals surface area contributed by atoms with Gasteiger partial charge in [-0.15, -0.1) is 0 Å². The van der Waals surface area contributed by atoms with Gasteiger partial charge < -0.3 is 23.9 Å². The number of phenols is 1. The standard InChI is InChI=1S/C25H19N3O4/c29-24-18-12-28(11-17-6-7-20-21(10-17)32-15-31-20)13-19(18)25(23-22(24)26-8-9-27-23)30-14-16-4-2-1-3-5-16/h1-10,12-13,29H,11,14-15H2. The van der Waals surface area contributed by atoms with Gasteiger partial charge in [0.15, 0.2) is 23.0 Å². The summed E-state index contributed by atoms with van der Waals surface area (Å²) in [7, 11) is 0. The third-order valence-electron chi connectivity index (χ3n) is 5.55. The SMILES string of the molecule is Oc1c2cn(Cc3ccc4c(c3)OCO4)cc2c(OCc2ccccc2)c2nccnc12. The van der Waals surface area contributed by atoms with Crippen LogP contribution < -0.4 is 14.2 Å². The molecule has 1 aliphatic heterocycles. The van der Waals surface area contributed by atoms with Crippen LogP contribution in [-0.2, 0) is 13.2 Å². The largest absolute Gasteiger partial charge is 0.505 e. The molecule has 0 radical (unpaired) electrons. The fraction of sp³-hybridized carbons (Fsp3) is 0.120. The van der Waals surface area contributed by atoms with Crippen molar-refractivity contribution in [3.8, 4) is 23.0 Å². The van der Waals surface area contributed by atoms with Gasteiger partial charge in [-0.25, -0.2) is 9.97 Å². The summed E-state index contributed by atoms with van der Waals surface area (Å²) in [6, 6.07) is 15.8. The van der Waals surface area contributed by atoms with Crippen LogP contribution in [0.15, 0.2) is 73.3 Å². The Labute approximate surface area is 183 Å². The molecule has 0 bridgehead atoms. The summed E-state index contributed by atoms with van der Waals surface area (Å²) in [4.78, 5) is 8.80. The van der Waals surface area contributed by atoms with Crippen LogP contribution in [0, 0.1) is 0 Å². The first-order valence-electron chi connectivity index (χ1n) is 10.3. The average molecular weight is 425 g/mol. The topological polar surface area (TPSA) is 78.6 Å². The monoisotopic (exact) mass is 425 g/mol. The number of phenolic OH excluding ortho intramolecular Hbond substituents is 1. The number of ether oxygens (including phenoxy) is 3. The highest BCUT2D eigenvalue weighted by Gasteiger charge is 2.19. The molecule has 0 atom stereocenters. The third kappa shape index (κ3) is 3.15. The van der Waals surface area contributed by atoms with Gasteiger partial charge in [0.2, 0.25) is 6.79 Å². The number of benzene rings is 3. The van der Waals surface area contributed by atoms with Gasteiger partial charge in [-0.3, -0.25) is 0 Å². The number of nitrogens with zero attached hydrogens (tertiary/aromatic N) is 3. The zero-order valence-corrected chi connectivity index (χ0v) is 17.1. The molecule has 0 fully saturated rings. The molecule has 0 saturated carbocycles. The van der Waals surface area contributed by atoms with Crippen molar-refractivity contribution < 1.29 is 19.3 Å². The van der Waals surface area contributed by atoms with Gasteiger partial charge in [-0.05, 0) is 23.3 Å². The van der Waals surface area contributed by atoms with Crippen LogP contribution in [0.2, 0.25) is 0 Å². The highest BCUT2D eigenvalue weighted by atomic mass is 16.7. The van der Waals surface area contributed by atoms with Crippen LogP contribution >= 0.6 is 0 Å². The number of aromatic hydroxyl groups is 1. The van der Waals surface area contributed by atoms with Gasteiger partial charge in [-0.1, -0.05) is 36.4 Å². The molecule has 0 unspecified atom stereocenters. The van der Waals surface area contributed by atoms with Crippen molar-refractivity contribution in [2.45, 2.75) is 13.2 Å². The number of fused-ring (bicyclic) bond motifs is 3. The smallest absolute Gasteiger partial charge is 0.231 e. The zero-order chi connectivity index (χ0) is 21.5. The van der Waals surface area contributed by atoms with Gasteiger partial charge in [0, 0.05) is 42.1 Å². The molecule has 32 heavy (non-hydrogen) atoms. The number of rotatable bonds is 5. The third-order valence-corrected chi connectivity index (χ3v) is 5.55. The zero-order valence-electron chi connectivity index (χ0n) is 17.1. The molecule has 6 rings (SSSR count). The van der Waals surface area contributed by atoms with E-state index in [-0.39, 0.29) is 12.5 Å². The Hall–Kier alpha value is -4.26. The molecule has 7 heteroatoms. The average Bonchev–Trinajstić information content (AvgIpc) is 3.47. The van der Waals surface area contributed by atoms with E-state index >= 15 is 0 Å². The van der Waals surface area contributed by atoms with E-state index in [9.17, 15) is 5.11 Å². The van der Waals surface area contributed by atoms with Crippen LogP contribution in [0.5, 0.6) is 23.0 Å². The van der Waals surface area contributed by atoms with Crippen molar-refractivity contribution in [1.82, 2.24) is 14.5 Å². The molecule has 0 aliphatic carbocycles. The van der Waals surface area contributed by atoms with Crippen molar-refractivity contribution in [1.29, 1.82) is 0 Å². The summed E-state index contributed by atoms with van der Waals surface area (Å²) < 4.78 is 19.1. The minimum atomic E-state index is 0.0968. The summed E-state index contributed by atoms with van der Waals surface area (Å²) in [5, 5.41) is 12.4. The molecule has 3 aromatic carbocycles. The minimum absolute atomic E-state index is 0.0968. The first kappa shape index (κ1) is 18.5. The maximum atomic E-state index is 10.9. The van der Waals surface area contributed by atoms with Crippen LogP contribution in [0.3, 0.4) is 0 Å². The lowest BCUT2D eigenvalue weighted by atomic mass is 10.1. The van der Waals surface area contributed by atoms with Crippen molar-refractivity contribution in [2.75, 3.05) is 6.79 Å². The lowest BCUT2D eigenvalue weighted by Crippen LogP contribution is -1.98. The molecular weight excluding hydrogens is 406 g/mol. The number of hydrogen-bond acceptors (Lipinski definition) is 6. The first-order chi connectivity index (χ1) is 15.8. The Morgan fingerprint density at radius 1 is 0.875 bits per heavy atom. The Morgan fingerprint density at radius 3 is 2.53 bits per heavy atom. The van der Waals surface area contributed by atoms with Crippen LogP contribution in [0.1, 0.15) is 11.1 Å². The Kier molecular flexibility index (Phi) is 4.31. The molecule has 2 aromatic heterocycles. The molecule has 158 valence electrons. The van der Waals surface area contributed by atoms with E-state index in [2.05, 4.69) is 9.97 Å². The van der Waals surface area contributed by atoms with E-state index in [1.807, 2.05) is 65.5 Å². The Morgan fingerprint density at radius 2 is 1.66 bits per heavy atom. The van der Waals surface area contributed by atoms with Crippen LogP contribution in [0.4, 0.5) is 0 Å².